The molecule has 94 valence electrons. The van der Waals surface area contributed by atoms with Crippen LogP contribution < -0.4 is 5.32 Å². The number of nitrogens with zero attached hydrogens (tertiary/aromatic N) is 3. The molecule has 0 aliphatic heterocycles. The lowest BCUT2D eigenvalue weighted by Crippen LogP contribution is -2.13. The summed E-state index contributed by atoms with van der Waals surface area (Å²) in [5, 5.41) is 9.54. The van der Waals surface area contributed by atoms with Gasteiger partial charge in [-0.1, -0.05) is 11.8 Å². The summed E-state index contributed by atoms with van der Waals surface area (Å²) < 4.78 is 4.87. The van der Waals surface area contributed by atoms with Crippen LogP contribution in [0.5, 0.6) is 0 Å². The maximum atomic E-state index is 11.9. The third-order valence-electron chi connectivity index (χ3n) is 2.65. The Hall–Kier alpha value is -1.41. The van der Waals surface area contributed by atoms with Crippen molar-refractivity contribution in [3.05, 3.63) is 17.5 Å². The first-order valence-corrected chi connectivity index (χ1v) is 7.50. The number of hydrogen-bond donors (Lipinski definition) is 2. The van der Waals surface area contributed by atoms with Gasteiger partial charge >= 0.3 is 0 Å². The van der Waals surface area contributed by atoms with Gasteiger partial charge in [-0.2, -0.15) is 14.5 Å². The molecule has 1 aliphatic rings. The molecule has 8 heteroatoms. The van der Waals surface area contributed by atoms with Crippen molar-refractivity contribution < 1.29 is 4.79 Å². The van der Waals surface area contributed by atoms with E-state index in [0.29, 0.717) is 17.6 Å². The van der Waals surface area contributed by atoms with E-state index in [4.69, 9.17) is 0 Å². The van der Waals surface area contributed by atoms with Crippen LogP contribution in [-0.4, -0.2) is 31.7 Å². The van der Waals surface area contributed by atoms with E-state index in [1.807, 2.05) is 6.26 Å². The minimum Gasteiger partial charge on any atom is -0.288 e. The van der Waals surface area contributed by atoms with Crippen LogP contribution >= 0.6 is 23.3 Å². The molecule has 0 radical (unpaired) electrons. The Kier molecular flexibility index (Phi) is 3.04. The zero-order valence-electron chi connectivity index (χ0n) is 9.64. The van der Waals surface area contributed by atoms with Crippen LogP contribution in [0.25, 0.3) is 0 Å². The van der Waals surface area contributed by atoms with Crippen LogP contribution in [0.1, 0.15) is 34.9 Å². The molecular formula is C10H11N5OS2. The summed E-state index contributed by atoms with van der Waals surface area (Å²) in [7, 11) is 0. The first-order valence-electron chi connectivity index (χ1n) is 5.50. The fourth-order valence-corrected chi connectivity index (χ4v) is 2.53. The highest BCUT2D eigenvalue weighted by atomic mass is 32.2. The second kappa shape index (κ2) is 4.69. The van der Waals surface area contributed by atoms with Gasteiger partial charge in [-0.25, -0.2) is 0 Å². The number of amides is 1. The largest absolute Gasteiger partial charge is 0.288 e. The van der Waals surface area contributed by atoms with Crippen molar-refractivity contribution >= 4 is 35.1 Å². The molecule has 0 bridgehead atoms. The maximum Gasteiger partial charge on any atom is 0.278 e. The summed E-state index contributed by atoms with van der Waals surface area (Å²) in [5.74, 6) is 0.619. The Morgan fingerprint density at radius 3 is 3.11 bits per heavy atom. The van der Waals surface area contributed by atoms with E-state index in [-0.39, 0.29) is 5.91 Å². The highest BCUT2D eigenvalue weighted by Gasteiger charge is 2.26. The average Bonchev–Trinajstić information content (AvgIpc) is 2.93. The number of rotatable bonds is 4. The number of anilines is 1. The second-order valence-electron chi connectivity index (χ2n) is 4.02. The summed E-state index contributed by atoms with van der Waals surface area (Å²) in [6, 6.07) is 1.80. The van der Waals surface area contributed by atoms with E-state index in [2.05, 4.69) is 24.9 Å². The van der Waals surface area contributed by atoms with E-state index < -0.39 is 0 Å². The van der Waals surface area contributed by atoms with E-state index in [1.165, 1.54) is 36.1 Å². The number of nitrogens with one attached hydrogen (secondary N) is 2. The fraction of sp³-hybridized carbons (Fsp3) is 0.400. The Balaban J connectivity index is 1.69. The standard InChI is InChI=1S/C10H11N5OS2/c1-17-10-12-9(15-18-10)11-8(16)7-4-6(13-14-7)5-2-3-5/h4-5H,2-3H2,1H3,(H,13,14)(H,11,15,16). The molecule has 0 aromatic carbocycles. The Labute approximate surface area is 112 Å². The van der Waals surface area contributed by atoms with Gasteiger partial charge in [-0.15, -0.1) is 0 Å². The van der Waals surface area contributed by atoms with Gasteiger partial charge < -0.3 is 0 Å². The van der Waals surface area contributed by atoms with Crippen molar-refractivity contribution in [1.82, 2.24) is 19.6 Å². The minimum absolute atomic E-state index is 0.274. The number of thioether (sulfide) groups is 1. The zero-order valence-corrected chi connectivity index (χ0v) is 11.3. The lowest BCUT2D eigenvalue weighted by Gasteiger charge is -1.95. The number of carbonyl (C=O) groups is 1. The molecule has 0 spiro atoms. The molecule has 6 nitrogen and oxygen atoms in total. The van der Waals surface area contributed by atoms with Crippen molar-refractivity contribution in [2.24, 2.45) is 0 Å². The predicted octanol–water partition coefficient (Wildman–Crippen LogP) is 2.11. The van der Waals surface area contributed by atoms with E-state index in [0.717, 1.165) is 10.0 Å². The van der Waals surface area contributed by atoms with Crippen molar-refractivity contribution in [3.63, 3.8) is 0 Å². The van der Waals surface area contributed by atoms with Crippen molar-refractivity contribution in [3.8, 4) is 0 Å². The third-order valence-corrected chi connectivity index (χ3v) is 4.33. The quantitative estimate of drug-likeness (QED) is 0.839. The van der Waals surface area contributed by atoms with Crippen molar-refractivity contribution in [2.45, 2.75) is 23.1 Å². The van der Waals surface area contributed by atoms with Gasteiger partial charge in [0.1, 0.15) is 0 Å². The minimum atomic E-state index is -0.274. The molecule has 2 N–H and O–H groups in total. The Morgan fingerprint density at radius 2 is 2.44 bits per heavy atom. The van der Waals surface area contributed by atoms with Crippen molar-refractivity contribution in [2.75, 3.05) is 11.6 Å². The molecule has 0 atom stereocenters. The van der Waals surface area contributed by atoms with Crippen LogP contribution in [0, 0.1) is 0 Å². The van der Waals surface area contributed by atoms with Gasteiger partial charge in [0.15, 0.2) is 10.0 Å². The molecule has 1 fully saturated rings. The lowest BCUT2D eigenvalue weighted by molar-refractivity contribution is 0.102. The highest BCUT2D eigenvalue weighted by molar-refractivity contribution is 8.00. The van der Waals surface area contributed by atoms with E-state index in [1.54, 1.807) is 6.07 Å². The van der Waals surface area contributed by atoms with Gasteiger partial charge in [0, 0.05) is 11.6 Å². The summed E-state index contributed by atoms with van der Waals surface area (Å²) >= 11 is 2.77. The van der Waals surface area contributed by atoms with E-state index >= 15 is 0 Å². The molecule has 1 amide bonds. The number of aromatic amines is 1. The molecule has 2 heterocycles. The summed E-state index contributed by atoms with van der Waals surface area (Å²) in [6.07, 6.45) is 4.27. The molecule has 0 unspecified atom stereocenters. The van der Waals surface area contributed by atoms with Crippen LogP contribution in [-0.2, 0) is 0 Å². The van der Waals surface area contributed by atoms with Gasteiger partial charge in [0.2, 0.25) is 5.95 Å². The summed E-state index contributed by atoms with van der Waals surface area (Å²) in [5.41, 5.74) is 1.42. The number of aromatic nitrogens is 4. The molecule has 1 aliphatic carbocycles. The summed E-state index contributed by atoms with van der Waals surface area (Å²) in [6.45, 7) is 0. The normalized spacial score (nSPS) is 14.7. The van der Waals surface area contributed by atoms with Gasteiger partial charge in [-0.3, -0.25) is 15.2 Å². The third kappa shape index (κ3) is 2.39. The Morgan fingerprint density at radius 1 is 1.61 bits per heavy atom. The molecular weight excluding hydrogens is 270 g/mol. The molecule has 18 heavy (non-hydrogen) atoms. The molecule has 3 rings (SSSR count). The lowest BCUT2D eigenvalue weighted by atomic mass is 10.2. The highest BCUT2D eigenvalue weighted by Crippen LogP contribution is 2.39. The molecule has 1 saturated carbocycles. The van der Waals surface area contributed by atoms with Gasteiger partial charge in [-0.05, 0) is 36.7 Å². The average molecular weight is 281 g/mol. The smallest absolute Gasteiger partial charge is 0.278 e. The molecule has 2 aromatic rings. The first kappa shape index (κ1) is 11.7. The zero-order chi connectivity index (χ0) is 12.5. The Bertz CT molecular complexity index is 574. The van der Waals surface area contributed by atoms with Crippen LogP contribution in [0.4, 0.5) is 5.95 Å². The first-order chi connectivity index (χ1) is 8.76. The predicted molar refractivity (Wildman–Crippen MR) is 70.2 cm³/mol. The number of carbonyl (C=O) groups excluding carboxylic acids is 1. The number of hydrogen-bond acceptors (Lipinski definition) is 6. The summed E-state index contributed by atoms with van der Waals surface area (Å²) in [4.78, 5) is 16.0. The van der Waals surface area contributed by atoms with Gasteiger partial charge in [0.25, 0.3) is 5.91 Å². The second-order valence-corrected chi connectivity index (χ2v) is 5.83. The van der Waals surface area contributed by atoms with Crippen LogP contribution in [0.3, 0.4) is 0 Å². The van der Waals surface area contributed by atoms with Gasteiger partial charge in [0.05, 0.1) is 0 Å². The van der Waals surface area contributed by atoms with Crippen LogP contribution in [0.2, 0.25) is 0 Å². The topological polar surface area (TPSA) is 83.6 Å². The monoisotopic (exact) mass is 281 g/mol. The maximum absolute atomic E-state index is 11.9. The van der Waals surface area contributed by atoms with Crippen molar-refractivity contribution in [1.29, 1.82) is 0 Å². The molecule has 2 aromatic heterocycles. The SMILES string of the molecule is CSc1nc(NC(=O)c2cc(C3CC3)[nH]n2)ns1. The molecule has 0 saturated heterocycles. The van der Waals surface area contributed by atoms with E-state index in [9.17, 15) is 4.79 Å². The number of H-pyrrole nitrogens is 1. The van der Waals surface area contributed by atoms with Crippen LogP contribution in [0.15, 0.2) is 10.4 Å². The fourth-order valence-electron chi connectivity index (χ4n) is 1.57.